The van der Waals surface area contributed by atoms with Gasteiger partial charge in [0.1, 0.15) is 6.61 Å². The molecule has 2 amide bonds. The minimum Gasteiger partial charge on any atom is -0.489 e. The van der Waals surface area contributed by atoms with E-state index < -0.39 is 23.9 Å². The average Bonchev–Trinajstić information content (AvgIpc) is 2.75. The molecule has 0 radical (unpaired) electrons. The Bertz CT molecular complexity index is 949. The van der Waals surface area contributed by atoms with Crippen LogP contribution in [-0.4, -0.2) is 50.3 Å². The van der Waals surface area contributed by atoms with Gasteiger partial charge in [-0.05, 0) is 31.7 Å². The van der Waals surface area contributed by atoms with Crippen LogP contribution in [0, 0.1) is 5.82 Å². The van der Waals surface area contributed by atoms with Crippen molar-refractivity contribution in [2.24, 2.45) is 0 Å². The lowest BCUT2D eigenvalue weighted by molar-refractivity contribution is -0.139. The fraction of sp³-hybridized carbons (Fsp3) is 0.304. The number of rotatable bonds is 9. The largest absolute Gasteiger partial charge is 0.489 e. The van der Waals surface area contributed by atoms with Crippen LogP contribution in [0.5, 0.6) is 5.75 Å². The van der Waals surface area contributed by atoms with Gasteiger partial charge >= 0.3 is 12.0 Å². The summed E-state index contributed by atoms with van der Waals surface area (Å²) in [4.78, 5) is 26.9. The molecule has 31 heavy (non-hydrogen) atoms. The Balaban J connectivity index is 1.76. The van der Waals surface area contributed by atoms with Crippen LogP contribution in [0.1, 0.15) is 18.5 Å². The van der Waals surface area contributed by atoms with Crippen molar-refractivity contribution in [3.05, 3.63) is 77.2 Å². The number of nitrogens with zero attached hydrogens (tertiary/aromatic N) is 1. The fourth-order valence-electron chi connectivity index (χ4n) is 3.31. The number of ether oxygens (including phenoxy) is 2. The molecule has 1 aliphatic heterocycles. The van der Waals surface area contributed by atoms with E-state index in [9.17, 15) is 14.0 Å². The first-order valence-electron chi connectivity index (χ1n) is 10.1. The van der Waals surface area contributed by atoms with Crippen molar-refractivity contribution < 1.29 is 23.5 Å². The molecule has 0 spiro atoms. The van der Waals surface area contributed by atoms with Crippen LogP contribution in [0.15, 0.2) is 65.9 Å². The second-order valence-corrected chi connectivity index (χ2v) is 7.07. The Kier molecular flexibility index (Phi) is 7.61. The highest BCUT2D eigenvalue weighted by molar-refractivity contribution is 5.95. The molecule has 0 fully saturated rings. The van der Waals surface area contributed by atoms with E-state index in [-0.39, 0.29) is 25.5 Å². The van der Waals surface area contributed by atoms with Crippen molar-refractivity contribution in [2.45, 2.75) is 13.0 Å². The molecule has 1 unspecified atom stereocenters. The van der Waals surface area contributed by atoms with Gasteiger partial charge < -0.3 is 20.1 Å². The van der Waals surface area contributed by atoms with Gasteiger partial charge in [0, 0.05) is 18.8 Å². The van der Waals surface area contributed by atoms with Crippen molar-refractivity contribution in [3.63, 3.8) is 0 Å². The van der Waals surface area contributed by atoms with E-state index in [1.54, 1.807) is 25.1 Å². The second kappa shape index (κ2) is 10.6. The van der Waals surface area contributed by atoms with Gasteiger partial charge in [-0.3, -0.25) is 4.90 Å². The smallest absolute Gasteiger partial charge is 0.338 e. The van der Waals surface area contributed by atoms with Gasteiger partial charge in [-0.15, -0.1) is 0 Å². The molecule has 0 aliphatic carbocycles. The van der Waals surface area contributed by atoms with E-state index in [0.29, 0.717) is 17.8 Å². The molecule has 1 aliphatic rings. The highest BCUT2D eigenvalue weighted by atomic mass is 19.1. The lowest BCUT2D eigenvalue weighted by Crippen LogP contribution is -2.48. The number of urea groups is 1. The summed E-state index contributed by atoms with van der Waals surface area (Å²) < 4.78 is 24.5. The highest BCUT2D eigenvalue weighted by Gasteiger charge is 2.33. The number of carbonyl (C=O) groups excluding carboxylic acids is 2. The lowest BCUT2D eigenvalue weighted by Gasteiger charge is -2.31. The van der Waals surface area contributed by atoms with Crippen LogP contribution >= 0.6 is 0 Å². The summed E-state index contributed by atoms with van der Waals surface area (Å²) in [7, 11) is 1.83. The zero-order valence-electron chi connectivity index (χ0n) is 17.6. The Labute approximate surface area is 180 Å². The Morgan fingerprint density at radius 3 is 2.55 bits per heavy atom. The summed E-state index contributed by atoms with van der Waals surface area (Å²) in [5.74, 6) is -0.731. The normalized spacial score (nSPS) is 16.0. The molecule has 2 aromatic rings. The molecule has 8 heteroatoms. The van der Waals surface area contributed by atoms with Crippen LogP contribution in [0.4, 0.5) is 9.18 Å². The van der Waals surface area contributed by atoms with E-state index in [4.69, 9.17) is 9.47 Å². The maximum atomic E-state index is 13.7. The van der Waals surface area contributed by atoms with Crippen molar-refractivity contribution in [1.82, 2.24) is 15.5 Å². The number of carbonyl (C=O) groups is 2. The SMILES string of the molecule is CCOC(=O)C1=C(CN(C)CCOc2ccccc2F)NC(=O)NC1c1ccccc1. The molecule has 0 aromatic heterocycles. The van der Waals surface area contributed by atoms with E-state index in [1.807, 2.05) is 42.3 Å². The van der Waals surface area contributed by atoms with Crippen molar-refractivity contribution in [1.29, 1.82) is 0 Å². The third-order valence-electron chi connectivity index (χ3n) is 4.78. The molecule has 3 rings (SSSR count). The standard InChI is InChI=1S/C23H26FN3O4/c1-3-30-22(28)20-18(25-23(29)26-21(20)16-9-5-4-6-10-16)15-27(2)13-14-31-19-12-8-7-11-17(19)24/h4-12,21H,3,13-15H2,1-2H3,(H2,25,26,29). The number of nitrogens with one attached hydrogen (secondary N) is 2. The number of likely N-dealkylation sites (N-methyl/N-ethyl adjacent to an activating group) is 1. The summed E-state index contributed by atoms with van der Waals surface area (Å²) in [5, 5.41) is 5.54. The first-order chi connectivity index (χ1) is 15.0. The lowest BCUT2D eigenvalue weighted by atomic mass is 9.95. The number of para-hydroxylation sites is 1. The maximum Gasteiger partial charge on any atom is 0.338 e. The zero-order valence-corrected chi connectivity index (χ0v) is 17.6. The fourth-order valence-corrected chi connectivity index (χ4v) is 3.31. The molecule has 1 heterocycles. The molecule has 164 valence electrons. The molecule has 0 saturated carbocycles. The third-order valence-corrected chi connectivity index (χ3v) is 4.78. The number of hydrogen-bond donors (Lipinski definition) is 2. The highest BCUT2D eigenvalue weighted by Crippen LogP contribution is 2.28. The van der Waals surface area contributed by atoms with Crippen LogP contribution in [0.25, 0.3) is 0 Å². The molecular weight excluding hydrogens is 401 g/mol. The van der Waals surface area contributed by atoms with E-state index in [0.717, 1.165) is 5.56 Å². The number of hydrogen-bond acceptors (Lipinski definition) is 5. The zero-order chi connectivity index (χ0) is 22.2. The van der Waals surface area contributed by atoms with Gasteiger partial charge in [-0.2, -0.15) is 0 Å². The van der Waals surface area contributed by atoms with Gasteiger partial charge in [0.05, 0.1) is 18.2 Å². The summed E-state index contributed by atoms with van der Waals surface area (Å²) in [6, 6.07) is 14.4. The number of esters is 1. The Morgan fingerprint density at radius 2 is 1.84 bits per heavy atom. The first kappa shape index (κ1) is 22.3. The molecule has 1 atom stereocenters. The Morgan fingerprint density at radius 1 is 1.13 bits per heavy atom. The number of amides is 2. The van der Waals surface area contributed by atoms with Crippen LogP contribution < -0.4 is 15.4 Å². The maximum absolute atomic E-state index is 13.7. The first-order valence-corrected chi connectivity index (χ1v) is 10.1. The van der Waals surface area contributed by atoms with Crippen LogP contribution in [-0.2, 0) is 9.53 Å². The van der Waals surface area contributed by atoms with E-state index in [1.165, 1.54) is 6.07 Å². The summed E-state index contributed by atoms with van der Waals surface area (Å²) in [6.07, 6.45) is 0. The summed E-state index contributed by atoms with van der Waals surface area (Å²) in [6.45, 7) is 2.93. The van der Waals surface area contributed by atoms with Gasteiger partial charge in [-0.25, -0.2) is 14.0 Å². The minimum atomic E-state index is -0.618. The summed E-state index contributed by atoms with van der Waals surface area (Å²) in [5.41, 5.74) is 1.60. The predicted octanol–water partition coefficient (Wildman–Crippen LogP) is 3.01. The molecular formula is C23H26FN3O4. The summed E-state index contributed by atoms with van der Waals surface area (Å²) >= 11 is 0. The van der Waals surface area contributed by atoms with Crippen molar-refractivity contribution >= 4 is 12.0 Å². The number of benzene rings is 2. The van der Waals surface area contributed by atoms with Gasteiger partial charge in [-0.1, -0.05) is 42.5 Å². The predicted molar refractivity (Wildman–Crippen MR) is 114 cm³/mol. The monoisotopic (exact) mass is 427 g/mol. The van der Waals surface area contributed by atoms with Crippen LogP contribution in [0.3, 0.4) is 0 Å². The van der Waals surface area contributed by atoms with Gasteiger partial charge in [0.15, 0.2) is 11.6 Å². The molecule has 2 aromatic carbocycles. The number of halogens is 1. The van der Waals surface area contributed by atoms with Gasteiger partial charge in [0.25, 0.3) is 0 Å². The van der Waals surface area contributed by atoms with Gasteiger partial charge in [0.2, 0.25) is 0 Å². The topological polar surface area (TPSA) is 79.9 Å². The quantitative estimate of drug-likeness (QED) is 0.602. The Hall–Kier alpha value is -3.39. The second-order valence-electron chi connectivity index (χ2n) is 7.07. The third kappa shape index (κ3) is 5.82. The molecule has 0 bridgehead atoms. The van der Waals surface area contributed by atoms with Crippen molar-refractivity contribution in [2.75, 3.05) is 33.4 Å². The van der Waals surface area contributed by atoms with E-state index in [2.05, 4.69) is 10.6 Å². The molecule has 7 nitrogen and oxygen atoms in total. The average molecular weight is 427 g/mol. The van der Waals surface area contributed by atoms with E-state index >= 15 is 0 Å². The minimum absolute atomic E-state index is 0.182. The molecule has 0 saturated heterocycles. The molecule has 2 N–H and O–H groups in total. The van der Waals surface area contributed by atoms with Crippen molar-refractivity contribution in [3.8, 4) is 5.75 Å². The van der Waals surface area contributed by atoms with Crippen LogP contribution in [0.2, 0.25) is 0 Å².